The van der Waals surface area contributed by atoms with Gasteiger partial charge in [0.15, 0.2) is 12.4 Å². The lowest BCUT2D eigenvalue weighted by molar-refractivity contribution is 0.0461. The van der Waals surface area contributed by atoms with Crippen molar-refractivity contribution < 1.29 is 23.5 Å². The minimum absolute atomic E-state index is 0.0270. The minimum Gasteiger partial charge on any atom is -0.462 e. The number of nitrogen functional groups attached to an aromatic ring is 1. The highest BCUT2D eigenvalue weighted by molar-refractivity contribution is 6.29. The Kier molecular flexibility index (Phi) is 5.22. The van der Waals surface area contributed by atoms with Crippen molar-refractivity contribution in [3.05, 3.63) is 46.2 Å². The standard InChI is InChI=1S/C17H15ClN4O5/c1-3-25-17(24)12-8(2)27-15-13(12)14(19)21-11(22-15)7-26-16(23)9-4-5-10(18)20-6-9/h4-6H,3,7H2,1-2H3,(H2,19,21,22). The van der Waals surface area contributed by atoms with Crippen molar-refractivity contribution in [2.75, 3.05) is 12.3 Å². The maximum Gasteiger partial charge on any atom is 0.342 e. The lowest BCUT2D eigenvalue weighted by Crippen LogP contribution is -2.10. The van der Waals surface area contributed by atoms with Crippen LogP contribution in [0.15, 0.2) is 22.7 Å². The number of aromatic nitrogens is 3. The van der Waals surface area contributed by atoms with Crippen molar-refractivity contribution in [3.8, 4) is 0 Å². The van der Waals surface area contributed by atoms with Gasteiger partial charge in [0.05, 0.1) is 17.6 Å². The van der Waals surface area contributed by atoms with Crippen LogP contribution in [0.25, 0.3) is 11.1 Å². The second-order valence-electron chi connectivity index (χ2n) is 5.40. The number of pyridine rings is 1. The van der Waals surface area contributed by atoms with Crippen LogP contribution in [0, 0.1) is 6.92 Å². The summed E-state index contributed by atoms with van der Waals surface area (Å²) in [6, 6.07) is 2.96. The molecule has 0 bridgehead atoms. The van der Waals surface area contributed by atoms with E-state index < -0.39 is 11.9 Å². The van der Waals surface area contributed by atoms with Gasteiger partial charge in [0.25, 0.3) is 0 Å². The van der Waals surface area contributed by atoms with Crippen LogP contribution in [0.5, 0.6) is 0 Å². The number of hydrogen-bond acceptors (Lipinski definition) is 9. The number of nitrogens with zero attached hydrogens (tertiary/aromatic N) is 3. The van der Waals surface area contributed by atoms with Gasteiger partial charge in [-0.3, -0.25) is 0 Å². The first-order chi connectivity index (χ1) is 12.9. The highest BCUT2D eigenvalue weighted by Gasteiger charge is 2.24. The number of carbonyl (C=O) groups excluding carboxylic acids is 2. The molecule has 0 saturated heterocycles. The molecule has 0 aliphatic carbocycles. The van der Waals surface area contributed by atoms with Gasteiger partial charge < -0.3 is 19.6 Å². The summed E-state index contributed by atoms with van der Waals surface area (Å²) in [5.41, 5.74) is 6.48. The molecule has 9 nitrogen and oxygen atoms in total. The largest absolute Gasteiger partial charge is 0.462 e. The van der Waals surface area contributed by atoms with E-state index in [2.05, 4.69) is 15.0 Å². The third kappa shape index (κ3) is 3.82. The normalized spacial score (nSPS) is 10.8. The average molecular weight is 391 g/mol. The Morgan fingerprint density at radius 2 is 2.00 bits per heavy atom. The van der Waals surface area contributed by atoms with Gasteiger partial charge in [-0.25, -0.2) is 19.6 Å². The molecular weight excluding hydrogens is 376 g/mol. The highest BCUT2D eigenvalue weighted by Crippen LogP contribution is 2.29. The number of aryl methyl sites for hydroxylation is 1. The number of carbonyl (C=O) groups is 2. The van der Waals surface area contributed by atoms with Gasteiger partial charge in [-0.05, 0) is 26.0 Å². The summed E-state index contributed by atoms with van der Waals surface area (Å²) < 4.78 is 15.6. The molecule has 0 radical (unpaired) electrons. The van der Waals surface area contributed by atoms with Gasteiger partial charge in [-0.1, -0.05) is 11.6 Å². The summed E-state index contributed by atoms with van der Waals surface area (Å²) in [6.45, 7) is 3.26. The van der Waals surface area contributed by atoms with Crippen molar-refractivity contribution in [3.63, 3.8) is 0 Å². The monoisotopic (exact) mass is 390 g/mol. The maximum atomic E-state index is 12.1. The predicted octanol–water partition coefficient (Wildman–Crippen LogP) is 2.70. The number of esters is 2. The van der Waals surface area contributed by atoms with E-state index in [1.165, 1.54) is 18.3 Å². The summed E-state index contributed by atoms with van der Waals surface area (Å²) in [6.07, 6.45) is 1.30. The van der Waals surface area contributed by atoms with Gasteiger partial charge in [-0.15, -0.1) is 0 Å². The molecule has 0 atom stereocenters. The van der Waals surface area contributed by atoms with Crippen molar-refractivity contribution in [1.29, 1.82) is 0 Å². The smallest absolute Gasteiger partial charge is 0.342 e. The summed E-state index contributed by atoms with van der Waals surface area (Å²) in [5.74, 6) is -0.730. The highest BCUT2D eigenvalue weighted by atomic mass is 35.5. The molecule has 0 aliphatic heterocycles. The van der Waals surface area contributed by atoms with E-state index in [1.54, 1.807) is 13.8 Å². The molecule has 0 amide bonds. The number of nitrogens with two attached hydrogens (primary N) is 1. The topological polar surface area (TPSA) is 130 Å². The van der Waals surface area contributed by atoms with Crippen LogP contribution in [0.3, 0.4) is 0 Å². The number of hydrogen-bond donors (Lipinski definition) is 1. The van der Waals surface area contributed by atoms with Crippen molar-refractivity contribution in [1.82, 2.24) is 15.0 Å². The van der Waals surface area contributed by atoms with Crippen LogP contribution >= 0.6 is 11.6 Å². The number of rotatable bonds is 5. The third-order valence-electron chi connectivity index (χ3n) is 3.58. The van der Waals surface area contributed by atoms with E-state index in [-0.39, 0.29) is 52.2 Å². The molecule has 3 heterocycles. The number of fused-ring (bicyclic) bond motifs is 1. The third-order valence-corrected chi connectivity index (χ3v) is 3.80. The number of anilines is 1. The average Bonchev–Trinajstić information content (AvgIpc) is 2.97. The Hall–Kier alpha value is -3.20. The summed E-state index contributed by atoms with van der Waals surface area (Å²) in [4.78, 5) is 36.2. The van der Waals surface area contributed by atoms with E-state index in [0.717, 1.165) is 0 Å². The molecule has 3 aromatic heterocycles. The molecular formula is C17H15ClN4O5. The number of furan rings is 1. The van der Waals surface area contributed by atoms with E-state index >= 15 is 0 Å². The van der Waals surface area contributed by atoms with Crippen LogP contribution in [-0.2, 0) is 16.1 Å². The molecule has 0 spiro atoms. The first-order valence-corrected chi connectivity index (χ1v) is 8.29. The van der Waals surface area contributed by atoms with Crippen LogP contribution in [0.1, 0.15) is 39.2 Å². The van der Waals surface area contributed by atoms with E-state index in [9.17, 15) is 9.59 Å². The van der Waals surface area contributed by atoms with Gasteiger partial charge in [0.2, 0.25) is 5.71 Å². The van der Waals surface area contributed by atoms with E-state index in [4.69, 9.17) is 31.2 Å². The predicted molar refractivity (Wildman–Crippen MR) is 95.3 cm³/mol. The lowest BCUT2D eigenvalue weighted by atomic mass is 10.2. The van der Waals surface area contributed by atoms with Gasteiger partial charge in [0, 0.05) is 6.20 Å². The lowest BCUT2D eigenvalue weighted by Gasteiger charge is -2.05. The van der Waals surface area contributed by atoms with Gasteiger partial charge >= 0.3 is 11.9 Å². The van der Waals surface area contributed by atoms with Crippen LogP contribution < -0.4 is 5.73 Å². The quantitative estimate of drug-likeness (QED) is 0.515. The molecule has 27 heavy (non-hydrogen) atoms. The Balaban J connectivity index is 1.83. The molecule has 0 unspecified atom stereocenters. The molecule has 0 aliphatic rings. The molecule has 2 N–H and O–H groups in total. The van der Waals surface area contributed by atoms with Crippen molar-refractivity contribution >= 4 is 40.5 Å². The Labute approximate surface area is 158 Å². The van der Waals surface area contributed by atoms with Gasteiger partial charge in [0.1, 0.15) is 22.3 Å². The number of halogens is 1. The zero-order chi connectivity index (χ0) is 19.6. The maximum absolute atomic E-state index is 12.1. The Bertz CT molecular complexity index is 1020. The fraction of sp³-hybridized carbons (Fsp3) is 0.235. The van der Waals surface area contributed by atoms with E-state index in [0.29, 0.717) is 5.76 Å². The summed E-state index contributed by atoms with van der Waals surface area (Å²) in [5, 5.41) is 0.529. The minimum atomic E-state index is -0.621. The molecule has 0 saturated carbocycles. The molecule has 3 rings (SSSR count). The van der Waals surface area contributed by atoms with Crippen LogP contribution in [-0.4, -0.2) is 33.5 Å². The molecule has 140 valence electrons. The van der Waals surface area contributed by atoms with Crippen LogP contribution in [0.2, 0.25) is 5.15 Å². The second kappa shape index (κ2) is 7.58. The second-order valence-corrected chi connectivity index (χ2v) is 5.79. The zero-order valence-electron chi connectivity index (χ0n) is 14.5. The van der Waals surface area contributed by atoms with Crippen molar-refractivity contribution in [2.24, 2.45) is 0 Å². The Morgan fingerprint density at radius 3 is 2.67 bits per heavy atom. The first kappa shape index (κ1) is 18.6. The SMILES string of the molecule is CCOC(=O)c1c(C)oc2nc(COC(=O)c3ccc(Cl)nc3)nc(N)c12. The molecule has 0 aromatic carbocycles. The fourth-order valence-corrected chi connectivity index (χ4v) is 2.52. The Morgan fingerprint density at radius 1 is 1.22 bits per heavy atom. The summed E-state index contributed by atoms with van der Waals surface area (Å²) in [7, 11) is 0. The molecule has 0 fully saturated rings. The van der Waals surface area contributed by atoms with E-state index in [1.807, 2.05) is 0 Å². The van der Waals surface area contributed by atoms with Gasteiger partial charge in [-0.2, -0.15) is 4.98 Å². The van der Waals surface area contributed by atoms with Crippen molar-refractivity contribution in [2.45, 2.75) is 20.5 Å². The molecule has 3 aromatic rings. The zero-order valence-corrected chi connectivity index (χ0v) is 15.2. The number of ether oxygens (including phenoxy) is 2. The molecule has 10 heteroatoms. The summed E-state index contributed by atoms with van der Waals surface area (Å²) >= 11 is 5.68. The first-order valence-electron chi connectivity index (χ1n) is 7.92. The fourth-order valence-electron chi connectivity index (χ4n) is 2.41. The van der Waals surface area contributed by atoms with Crippen LogP contribution in [0.4, 0.5) is 5.82 Å².